The molecule has 0 aliphatic heterocycles. The van der Waals surface area contributed by atoms with Gasteiger partial charge in [0.15, 0.2) is 0 Å². The highest BCUT2D eigenvalue weighted by Gasteiger charge is 2.48. The van der Waals surface area contributed by atoms with Crippen molar-refractivity contribution in [2.75, 3.05) is 20.2 Å². The lowest BCUT2D eigenvalue weighted by Gasteiger charge is -2.38. The van der Waals surface area contributed by atoms with Crippen molar-refractivity contribution in [3.8, 4) is 5.75 Å². The maximum Gasteiger partial charge on any atom is 0.347 e. The van der Waals surface area contributed by atoms with Crippen molar-refractivity contribution < 1.29 is 24.2 Å². The molecule has 2 heterocycles. The minimum Gasteiger partial charge on any atom is -0.494 e. The lowest BCUT2D eigenvalue weighted by atomic mass is 9.90. The van der Waals surface area contributed by atoms with E-state index in [2.05, 4.69) is 11.9 Å². The third kappa shape index (κ3) is 6.87. The summed E-state index contributed by atoms with van der Waals surface area (Å²) >= 11 is 2.86. The molecule has 1 saturated carbocycles. The van der Waals surface area contributed by atoms with Gasteiger partial charge in [-0.3, -0.25) is 4.79 Å². The summed E-state index contributed by atoms with van der Waals surface area (Å²) in [6.45, 7) is 3.17. The molecule has 8 heteroatoms. The Hall–Kier alpha value is -2.52. The topological polar surface area (TPSA) is 76.1 Å². The van der Waals surface area contributed by atoms with Crippen LogP contribution in [0.1, 0.15) is 54.3 Å². The van der Waals surface area contributed by atoms with Gasteiger partial charge >= 0.3 is 5.97 Å². The molecule has 4 rings (SSSR count). The predicted molar refractivity (Wildman–Crippen MR) is 148 cm³/mol. The maximum atomic E-state index is 12.6. The van der Waals surface area contributed by atoms with Crippen molar-refractivity contribution in [2.45, 2.75) is 63.2 Å². The van der Waals surface area contributed by atoms with Crippen LogP contribution >= 0.6 is 22.7 Å². The van der Waals surface area contributed by atoms with E-state index in [-0.39, 0.29) is 11.9 Å². The van der Waals surface area contributed by atoms with Crippen LogP contribution < -0.4 is 4.74 Å². The number of carboxylic acid groups (broad SMARTS) is 1. The minimum absolute atomic E-state index is 0.0979. The van der Waals surface area contributed by atoms with Crippen molar-refractivity contribution in [2.24, 2.45) is 0 Å². The Balaban J connectivity index is 1.25. The van der Waals surface area contributed by atoms with Gasteiger partial charge in [-0.05, 0) is 86.7 Å². The fourth-order valence-corrected chi connectivity index (χ4v) is 6.80. The lowest BCUT2D eigenvalue weighted by molar-refractivity contribution is -0.170. The van der Waals surface area contributed by atoms with Gasteiger partial charge in [-0.1, -0.05) is 24.3 Å². The number of carbonyl (C=O) groups is 2. The van der Waals surface area contributed by atoms with Crippen LogP contribution in [0.15, 0.2) is 59.3 Å². The molecule has 3 aromatic rings. The second-order valence-corrected chi connectivity index (χ2v) is 11.6. The van der Waals surface area contributed by atoms with Crippen LogP contribution in [0.2, 0.25) is 0 Å². The standard InChI is InChI=1S/C29H35NO5S2/c1-21(31)20-22-8-12-24(13-9-22)34-17-5-16-30(2)23-10-14-25(15-11-23)35-29(28(32)33,26-6-3-18-36-26)27-7-4-19-37-27/h3-4,6-9,12-13,18-19,23,25H,5,10-11,14-17,20H2,1-2H3,(H,32,33). The molecule has 1 aliphatic rings. The fraction of sp³-hybridized carbons (Fsp3) is 0.448. The van der Waals surface area contributed by atoms with Crippen LogP contribution in [0.3, 0.4) is 0 Å². The van der Waals surface area contributed by atoms with Crippen molar-refractivity contribution in [3.05, 3.63) is 74.6 Å². The number of carbonyl (C=O) groups excluding carboxylic acids is 1. The molecule has 6 nitrogen and oxygen atoms in total. The van der Waals surface area contributed by atoms with E-state index in [9.17, 15) is 14.7 Å². The molecule has 0 saturated heterocycles. The molecule has 1 aromatic carbocycles. The van der Waals surface area contributed by atoms with Gasteiger partial charge in [0, 0.05) is 19.0 Å². The Morgan fingerprint density at radius 2 is 1.62 bits per heavy atom. The Morgan fingerprint density at radius 1 is 1.00 bits per heavy atom. The van der Waals surface area contributed by atoms with Crippen molar-refractivity contribution in [1.82, 2.24) is 4.90 Å². The molecule has 0 unspecified atom stereocenters. The molecule has 1 N–H and O–H groups in total. The van der Waals surface area contributed by atoms with Crippen molar-refractivity contribution in [1.29, 1.82) is 0 Å². The number of nitrogens with zero attached hydrogens (tertiary/aromatic N) is 1. The predicted octanol–water partition coefficient (Wildman–Crippen LogP) is 6.00. The summed E-state index contributed by atoms with van der Waals surface area (Å²) in [5, 5.41) is 14.2. The summed E-state index contributed by atoms with van der Waals surface area (Å²) in [7, 11) is 2.15. The second kappa shape index (κ2) is 12.8. The molecular weight excluding hydrogens is 506 g/mol. The number of Topliss-reactive ketones (excluding diaryl/α,β-unsaturated/α-hetero) is 1. The summed E-state index contributed by atoms with van der Waals surface area (Å²) in [5.41, 5.74) is -0.432. The number of hydrogen-bond acceptors (Lipinski definition) is 7. The van der Waals surface area contributed by atoms with E-state index in [4.69, 9.17) is 9.47 Å². The van der Waals surface area contributed by atoms with Gasteiger partial charge in [0.2, 0.25) is 5.60 Å². The Bertz CT molecular complexity index is 1090. The monoisotopic (exact) mass is 541 g/mol. The molecular formula is C29H35NO5S2. The number of rotatable bonds is 13. The van der Waals surface area contributed by atoms with E-state index in [1.54, 1.807) is 6.92 Å². The first kappa shape index (κ1) is 27.5. The molecule has 0 radical (unpaired) electrons. The molecule has 37 heavy (non-hydrogen) atoms. The quantitative estimate of drug-likeness (QED) is 0.268. The summed E-state index contributed by atoms with van der Waals surface area (Å²) in [5.74, 6) is 0.0275. The first-order chi connectivity index (χ1) is 17.9. The second-order valence-electron chi connectivity index (χ2n) is 9.69. The highest BCUT2D eigenvalue weighted by Crippen LogP contribution is 2.42. The lowest BCUT2D eigenvalue weighted by Crippen LogP contribution is -2.44. The van der Waals surface area contributed by atoms with Gasteiger partial charge in [0.1, 0.15) is 11.5 Å². The zero-order valence-electron chi connectivity index (χ0n) is 21.4. The fourth-order valence-electron chi connectivity index (χ4n) is 4.99. The average molecular weight is 542 g/mol. The van der Waals surface area contributed by atoms with Crippen LogP contribution in [-0.4, -0.2) is 54.1 Å². The van der Waals surface area contributed by atoms with E-state index < -0.39 is 11.6 Å². The molecule has 0 amide bonds. The Morgan fingerprint density at radius 3 is 2.14 bits per heavy atom. The summed E-state index contributed by atoms with van der Waals surface area (Å²) < 4.78 is 12.4. The molecule has 0 spiro atoms. The third-order valence-electron chi connectivity index (χ3n) is 6.95. The number of thiophene rings is 2. The maximum absolute atomic E-state index is 12.6. The largest absolute Gasteiger partial charge is 0.494 e. The van der Waals surface area contributed by atoms with Crippen LogP contribution in [0.4, 0.5) is 0 Å². The van der Waals surface area contributed by atoms with Crippen LogP contribution in [0.25, 0.3) is 0 Å². The van der Waals surface area contributed by atoms with E-state index in [1.165, 1.54) is 22.7 Å². The molecule has 198 valence electrons. The van der Waals surface area contributed by atoms with Crippen LogP contribution in [-0.2, 0) is 26.3 Å². The summed E-state index contributed by atoms with van der Waals surface area (Å²) in [4.78, 5) is 27.7. The van der Waals surface area contributed by atoms with Crippen molar-refractivity contribution in [3.63, 3.8) is 0 Å². The van der Waals surface area contributed by atoms with E-state index in [0.29, 0.717) is 19.1 Å². The number of carboxylic acids is 1. The normalized spacial score (nSPS) is 18.1. The van der Waals surface area contributed by atoms with E-state index >= 15 is 0 Å². The molecule has 2 aromatic heterocycles. The van der Waals surface area contributed by atoms with Gasteiger partial charge in [0.25, 0.3) is 0 Å². The Labute approximate surface area is 226 Å². The summed E-state index contributed by atoms with van der Waals surface area (Å²) in [6.07, 6.45) is 4.90. The highest BCUT2D eigenvalue weighted by molar-refractivity contribution is 7.12. The third-order valence-corrected chi connectivity index (χ3v) is 8.89. The zero-order valence-corrected chi connectivity index (χ0v) is 23.1. The van der Waals surface area contributed by atoms with Crippen LogP contribution in [0, 0.1) is 0 Å². The highest BCUT2D eigenvalue weighted by atomic mass is 32.1. The molecule has 1 fully saturated rings. The summed E-state index contributed by atoms with van der Waals surface area (Å²) in [6, 6.07) is 15.7. The van der Waals surface area contributed by atoms with Gasteiger partial charge in [-0.2, -0.15) is 0 Å². The number of hydrogen-bond donors (Lipinski definition) is 1. The number of benzene rings is 1. The SMILES string of the molecule is CC(=O)Cc1ccc(OCCCN(C)C2CCC(OC(C(=O)O)(c3cccs3)c3cccs3)CC2)cc1. The number of ether oxygens (including phenoxy) is 2. The van der Waals surface area contributed by atoms with Gasteiger partial charge in [0.05, 0.1) is 22.5 Å². The smallest absolute Gasteiger partial charge is 0.347 e. The van der Waals surface area contributed by atoms with Gasteiger partial charge in [-0.25, -0.2) is 4.79 Å². The van der Waals surface area contributed by atoms with Gasteiger partial charge in [-0.15, -0.1) is 22.7 Å². The molecule has 0 atom stereocenters. The average Bonchev–Trinajstić information content (AvgIpc) is 3.61. The van der Waals surface area contributed by atoms with Gasteiger partial charge < -0.3 is 19.5 Å². The van der Waals surface area contributed by atoms with Crippen LogP contribution in [0.5, 0.6) is 5.75 Å². The van der Waals surface area contributed by atoms with Crippen molar-refractivity contribution >= 4 is 34.4 Å². The zero-order chi connectivity index (χ0) is 26.3. The molecule has 0 bridgehead atoms. The van der Waals surface area contributed by atoms with E-state index in [1.807, 2.05) is 59.3 Å². The minimum atomic E-state index is -1.44. The molecule has 1 aliphatic carbocycles. The first-order valence-electron chi connectivity index (χ1n) is 12.8. The van der Waals surface area contributed by atoms with E-state index in [0.717, 1.165) is 59.7 Å². The number of ketones is 1. The Kier molecular flexibility index (Phi) is 9.54. The first-order valence-corrected chi connectivity index (χ1v) is 14.5. The number of aliphatic carboxylic acids is 1.